The molecule has 1 aliphatic rings. The number of ether oxygens (including phenoxy) is 3. The Kier molecular flexibility index (Phi) is 7.76. The summed E-state index contributed by atoms with van der Waals surface area (Å²) < 4.78 is 16.2. The third-order valence-corrected chi connectivity index (χ3v) is 6.97. The van der Waals surface area contributed by atoms with Crippen molar-refractivity contribution in [3.8, 4) is 17.2 Å². The van der Waals surface area contributed by atoms with Gasteiger partial charge in [-0.2, -0.15) is 0 Å². The maximum Gasteiger partial charge on any atom is 0.123 e. The predicted octanol–water partition coefficient (Wildman–Crippen LogP) is 5.22. The highest BCUT2D eigenvalue weighted by Gasteiger charge is 2.42. The first-order valence-electron chi connectivity index (χ1n) is 12.0. The molecule has 1 unspecified atom stereocenters. The number of benzene rings is 3. The number of hydrogen-bond donors (Lipinski definition) is 1. The minimum absolute atomic E-state index is 0.196. The Labute approximate surface area is 202 Å². The molecule has 1 fully saturated rings. The number of rotatable bonds is 9. The molecule has 0 amide bonds. The Morgan fingerprint density at radius 2 is 1.09 bits per heavy atom. The van der Waals surface area contributed by atoms with Gasteiger partial charge in [0.05, 0.1) is 21.3 Å². The summed E-state index contributed by atoms with van der Waals surface area (Å²) in [5.74, 6) is 2.13. The monoisotopic (exact) mass is 461 g/mol. The summed E-state index contributed by atoms with van der Waals surface area (Å²) in [4.78, 5) is 2.48. The second-order valence-corrected chi connectivity index (χ2v) is 8.91. The van der Waals surface area contributed by atoms with Crippen molar-refractivity contribution in [1.82, 2.24) is 4.90 Å². The lowest BCUT2D eigenvalue weighted by Crippen LogP contribution is -2.43. The molecule has 0 saturated carbocycles. The average molecular weight is 462 g/mol. The van der Waals surface area contributed by atoms with E-state index in [2.05, 4.69) is 17.0 Å². The van der Waals surface area contributed by atoms with Gasteiger partial charge in [-0.25, -0.2) is 0 Å². The third kappa shape index (κ3) is 5.06. The SMILES string of the molecule is COc1ccc(C(CN2CCCCC2)C(O)(c2ccc(OC)cc2)c2ccc(OC)cc2)cc1. The third-order valence-electron chi connectivity index (χ3n) is 6.97. The number of likely N-dealkylation sites (tertiary alicyclic amines) is 1. The lowest BCUT2D eigenvalue weighted by Gasteiger charge is -2.41. The highest BCUT2D eigenvalue weighted by molar-refractivity contribution is 5.46. The maximum atomic E-state index is 12.7. The molecule has 4 rings (SSSR count). The van der Waals surface area contributed by atoms with E-state index in [1.807, 2.05) is 60.7 Å². The summed E-state index contributed by atoms with van der Waals surface area (Å²) in [6.45, 7) is 2.85. The summed E-state index contributed by atoms with van der Waals surface area (Å²) in [5, 5.41) is 12.7. The lowest BCUT2D eigenvalue weighted by molar-refractivity contribution is 0.0309. The first-order valence-corrected chi connectivity index (χ1v) is 12.0. The molecule has 0 radical (unpaired) electrons. The first kappa shape index (κ1) is 24.1. The van der Waals surface area contributed by atoms with Gasteiger partial charge in [0, 0.05) is 12.5 Å². The van der Waals surface area contributed by atoms with Gasteiger partial charge in [0.25, 0.3) is 0 Å². The quantitative estimate of drug-likeness (QED) is 0.474. The van der Waals surface area contributed by atoms with Crippen molar-refractivity contribution in [3.63, 3.8) is 0 Å². The molecule has 0 spiro atoms. The molecular formula is C29H35NO4. The second kappa shape index (κ2) is 10.9. The van der Waals surface area contributed by atoms with Crippen molar-refractivity contribution >= 4 is 0 Å². The van der Waals surface area contributed by atoms with E-state index in [0.717, 1.165) is 53.6 Å². The molecule has 0 aromatic heterocycles. The van der Waals surface area contributed by atoms with Crippen LogP contribution in [0, 0.1) is 0 Å². The van der Waals surface area contributed by atoms with Crippen molar-refractivity contribution in [2.24, 2.45) is 0 Å². The molecule has 1 saturated heterocycles. The molecule has 1 aliphatic heterocycles. The van der Waals surface area contributed by atoms with E-state index in [1.54, 1.807) is 21.3 Å². The van der Waals surface area contributed by atoms with E-state index in [4.69, 9.17) is 14.2 Å². The molecule has 1 N–H and O–H groups in total. The maximum absolute atomic E-state index is 12.7. The van der Waals surface area contributed by atoms with Crippen LogP contribution in [-0.2, 0) is 5.60 Å². The Balaban J connectivity index is 1.85. The summed E-state index contributed by atoms with van der Waals surface area (Å²) >= 11 is 0. The van der Waals surface area contributed by atoms with Gasteiger partial charge in [-0.15, -0.1) is 0 Å². The second-order valence-electron chi connectivity index (χ2n) is 8.91. The molecule has 5 nitrogen and oxygen atoms in total. The van der Waals surface area contributed by atoms with Crippen molar-refractivity contribution in [2.75, 3.05) is 41.0 Å². The van der Waals surface area contributed by atoms with E-state index in [9.17, 15) is 5.11 Å². The fourth-order valence-electron chi connectivity index (χ4n) is 4.97. The smallest absolute Gasteiger partial charge is 0.123 e. The van der Waals surface area contributed by atoms with Crippen molar-refractivity contribution in [3.05, 3.63) is 89.5 Å². The van der Waals surface area contributed by atoms with Crippen LogP contribution in [0.1, 0.15) is 41.9 Å². The Hall–Kier alpha value is -3.02. The number of aliphatic hydroxyl groups is 1. The van der Waals surface area contributed by atoms with Gasteiger partial charge >= 0.3 is 0 Å². The van der Waals surface area contributed by atoms with Crippen molar-refractivity contribution < 1.29 is 19.3 Å². The zero-order valence-corrected chi connectivity index (χ0v) is 20.4. The van der Waals surface area contributed by atoms with E-state index >= 15 is 0 Å². The van der Waals surface area contributed by atoms with Crippen LogP contribution in [-0.4, -0.2) is 51.0 Å². The summed E-state index contributed by atoms with van der Waals surface area (Å²) in [6, 6.07) is 23.6. The fraction of sp³-hybridized carbons (Fsp3) is 0.379. The van der Waals surface area contributed by atoms with Gasteiger partial charge in [0.15, 0.2) is 0 Å². The van der Waals surface area contributed by atoms with E-state index in [1.165, 1.54) is 19.3 Å². The van der Waals surface area contributed by atoms with Crippen LogP contribution in [0.3, 0.4) is 0 Å². The highest BCUT2D eigenvalue weighted by atomic mass is 16.5. The Morgan fingerprint density at radius 1 is 0.676 bits per heavy atom. The zero-order valence-electron chi connectivity index (χ0n) is 20.4. The molecule has 0 bridgehead atoms. The Morgan fingerprint density at radius 3 is 1.50 bits per heavy atom. The largest absolute Gasteiger partial charge is 0.497 e. The first-order chi connectivity index (χ1) is 16.6. The van der Waals surface area contributed by atoms with Crippen molar-refractivity contribution in [2.45, 2.75) is 30.8 Å². The van der Waals surface area contributed by atoms with Gasteiger partial charge in [0.1, 0.15) is 22.8 Å². The van der Waals surface area contributed by atoms with Gasteiger partial charge in [-0.05, 0) is 79.0 Å². The molecule has 180 valence electrons. The molecule has 1 atom stereocenters. The van der Waals surface area contributed by atoms with Crippen LogP contribution < -0.4 is 14.2 Å². The van der Waals surface area contributed by atoms with E-state index in [-0.39, 0.29) is 5.92 Å². The Bertz CT molecular complexity index is 978. The van der Waals surface area contributed by atoms with E-state index < -0.39 is 5.60 Å². The van der Waals surface area contributed by atoms with Gasteiger partial charge in [-0.3, -0.25) is 0 Å². The summed E-state index contributed by atoms with van der Waals surface area (Å²) in [7, 11) is 4.98. The predicted molar refractivity (Wildman–Crippen MR) is 135 cm³/mol. The van der Waals surface area contributed by atoms with Crippen LogP contribution >= 0.6 is 0 Å². The minimum Gasteiger partial charge on any atom is -0.497 e. The van der Waals surface area contributed by atoms with Crippen LogP contribution in [0.4, 0.5) is 0 Å². The number of methoxy groups -OCH3 is 3. The lowest BCUT2D eigenvalue weighted by atomic mass is 9.72. The van der Waals surface area contributed by atoms with Crippen LogP contribution in [0.15, 0.2) is 72.8 Å². The van der Waals surface area contributed by atoms with Crippen LogP contribution in [0.5, 0.6) is 17.2 Å². The van der Waals surface area contributed by atoms with Crippen LogP contribution in [0.25, 0.3) is 0 Å². The molecule has 5 heteroatoms. The molecule has 1 heterocycles. The molecule has 0 aliphatic carbocycles. The number of piperidine rings is 1. The fourth-order valence-corrected chi connectivity index (χ4v) is 4.97. The van der Waals surface area contributed by atoms with Gasteiger partial charge < -0.3 is 24.2 Å². The zero-order chi connectivity index (χ0) is 24.0. The summed E-state index contributed by atoms with van der Waals surface area (Å²) in [5.41, 5.74) is 1.47. The van der Waals surface area contributed by atoms with Gasteiger partial charge in [0.2, 0.25) is 0 Å². The van der Waals surface area contributed by atoms with Crippen molar-refractivity contribution in [1.29, 1.82) is 0 Å². The highest BCUT2D eigenvalue weighted by Crippen LogP contribution is 2.44. The molecule has 3 aromatic rings. The number of hydrogen-bond acceptors (Lipinski definition) is 5. The minimum atomic E-state index is -1.26. The normalized spacial score (nSPS) is 15.5. The summed E-state index contributed by atoms with van der Waals surface area (Å²) in [6.07, 6.45) is 3.66. The van der Waals surface area contributed by atoms with Crippen LogP contribution in [0.2, 0.25) is 0 Å². The molecular weight excluding hydrogens is 426 g/mol. The molecule has 3 aromatic carbocycles. The average Bonchev–Trinajstić information content (AvgIpc) is 2.92. The number of nitrogens with zero attached hydrogens (tertiary/aromatic N) is 1. The standard InChI is InChI=1S/C29H35NO4/c1-32-25-13-7-22(8-14-25)28(21-30-19-5-4-6-20-30)29(31,23-9-15-26(33-2)16-10-23)24-11-17-27(34-3)18-12-24/h7-18,28,31H,4-6,19-21H2,1-3H3. The van der Waals surface area contributed by atoms with Gasteiger partial charge in [-0.1, -0.05) is 42.8 Å². The topological polar surface area (TPSA) is 51.2 Å². The van der Waals surface area contributed by atoms with E-state index in [0.29, 0.717) is 0 Å². The molecule has 34 heavy (non-hydrogen) atoms.